The molecule has 0 saturated carbocycles. The van der Waals surface area contributed by atoms with Crippen LogP contribution in [0.15, 0.2) is 24.3 Å². The molecule has 2 N–H and O–H groups in total. The molecule has 0 aliphatic carbocycles. The minimum Gasteiger partial charge on any atom is -0.491 e. The van der Waals surface area contributed by atoms with Crippen LogP contribution in [0.4, 0.5) is 5.82 Å². The third-order valence-corrected chi connectivity index (χ3v) is 2.73. The summed E-state index contributed by atoms with van der Waals surface area (Å²) in [5.74, 6) is 1.59. The summed E-state index contributed by atoms with van der Waals surface area (Å²) in [5.41, 5.74) is 7.72. The molecule has 19 heavy (non-hydrogen) atoms. The number of rotatable bonds is 4. The van der Waals surface area contributed by atoms with E-state index in [4.69, 9.17) is 10.5 Å². The Morgan fingerprint density at radius 3 is 2.26 bits per heavy atom. The van der Waals surface area contributed by atoms with Crippen LogP contribution < -0.4 is 10.5 Å². The van der Waals surface area contributed by atoms with Crippen LogP contribution in [0.2, 0.25) is 0 Å². The van der Waals surface area contributed by atoms with Crippen LogP contribution in [-0.2, 0) is 0 Å². The average molecular weight is 260 g/mol. The number of hydrogen-bond acceptors (Lipinski definition) is 4. The summed E-state index contributed by atoms with van der Waals surface area (Å²) in [5, 5.41) is 8.04. The van der Waals surface area contributed by atoms with Gasteiger partial charge in [0.2, 0.25) is 0 Å². The van der Waals surface area contributed by atoms with Gasteiger partial charge in [-0.1, -0.05) is 19.1 Å². The lowest BCUT2D eigenvalue weighted by molar-refractivity contribution is 0.242. The maximum absolute atomic E-state index is 5.86. The van der Waals surface area contributed by atoms with E-state index in [1.54, 1.807) is 4.68 Å². The molecule has 0 aliphatic rings. The monoisotopic (exact) mass is 260 g/mol. The normalized spacial score (nSPS) is 11.3. The Hall–Kier alpha value is -2.04. The van der Waals surface area contributed by atoms with Gasteiger partial charge in [0.25, 0.3) is 0 Å². The summed E-state index contributed by atoms with van der Waals surface area (Å²) in [6.45, 7) is 8.15. The predicted molar refractivity (Wildman–Crippen MR) is 75.6 cm³/mol. The molecule has 0 spiro atoms. The predicted octanol–water partition coefficient (Wildman–Crippen LogP) is 2.76. The summed E-state index contributed by atoms with van der Waals surface area (Å²) in [4.78, 5) is 0. The largest absolute Gasteiger partial charge is 0.491 e. The molecular formula is C14H20N4O. The molecule has 1 heterocycles. The quantitative estimate of drug-likeness (QED) is 0.918. The van der Waals surface area contributed by atoms with Gasteiger partial charge in [-0.3, -0.25) is 0 Å². The third-order valence-electron chi connectivity index (χ3n) is 2.73. The highest BCUT2D eigenvalue weighted by Gasteiger charge is 2.15. The van der Waals surface area contributed by atoms with Crippen LogP contribution in [0.5, 0.6) is 5.75 Å². The van der Waals surface area contributed by atoms with Gasteiger partial charge in [0.15, 0.2) is 5.82 Å². The van der Waals surface area contributed by atoms with Crippen molar-refractivity contribution in [1.82, 2.24) is 15.0 Å². The first kappa shape index (κ1) is 13.4. The van der Waals surface area contributed by atoms with Crippen molar-refractivity contribution in [2.45, 2.75) is 39.7 Å². The fourth-order valence-corrected chi connectivity index (χ4v) is 1.97. The molecular weight excluding hydrogens is 240 g/mol. The summed E-state index contributed by atoms with van der Waals surface area (Å²) in [6.07, 6.45) is 0.166. The van der Waals surface area contributed by atoms with Crippen LogP contribution in [0.3, 0.4) is 0 Å². The van der Waals surface area contributed by atoms with E-state index in [1.807, 2.05) is 38.1 Å². The Balaban J connectivity index is 2.32. The van der Waals surface area contributed by atoms with E-state index in [0.29, 0.717) is 5.82 Å². The van der Waals surface area contributed by atoms with Gasteiger partial charge in [0.05, 0.1) is 17.5 Å². The van der Waals surface area contributed by atoms with Gasteiger partial charge in [-0.05, 0) is 44.0 Å². The Kier molecular flexibility index (Phi) is 3.74. The van der Waals surface area contributed by atoms with E-state index in [0.717, 1.165) is 17.1 Å². The Morgan fingerprint density at radius 2 is 1.74 bits per heavy atom. The smallest absolute Gasteiger partial charge is 0.169 e. The molecule has 2 aromatic rings. The third kappa shape index (κ3) is 2.86. The van der Waals surface area contributed by atoms with Crippen LogP contribution in [0.25, 0.3) is 5.69 Å². The molecule has 5 nitrogen and oxygen atoms in total. The second kappa shape index (κ2) is 5.30. The van der Waals surface area contributed by atoms with E-state index in [2.05, 4.69) is 24.2 Å². The number of aromatic nitrogens is 3. The van der Waals surface area contributed by atoms with Crippen LogP contribution in [0.1, 0.15) is 39.3 Å². The van der Waals surface area contributed by atoms with Gasteiger partial charge in [0.1, 0.15) is 5.75 Å². The molecule has 0 saturated heterocycles. The van der Waals surface area contributed by atoms with Gasteiger partial charge >= 0.3 is 0 Å². The first-order valence-electron chi connectivity index (χ1n) is 6.47. The minimum absolute atomic E-state index is 0.166. The second-order valence-corrected chi connectivity index (χ2v) is 5.09. The van der Waals surface area contributed by atoms with E-state index in [9.17, 15) is 0 Å². The highest BCUT2D eigenvalue weighted by Crippen LogP contribution is 2.24. The van der Waals surface area contributed by atoms with E-state index in [1.165, 1.54) is 0 Å². The van der Waals surface area contributed by atoms with E-state index >= 15 is 0 Å². The number of anilines is 1. The zero-order valence-electron chi connectivity index (χ0n) is 11.8. The molecule has 5 heteroatoms. The first-order chi connectivity index (χ1) is 8.99. The highest BCUT2D eigenvalue weighted by atomic mass is 16.5. The number of nitrogens with two attached hydrogens (primary N) is 1. The molecule has 102 valence electrons. The number of benzene rings is 1. The zero-order chi connectivity index (χ0) is 14.0. The van der Waals surface area contributed by atoms with Crippen molar-refractivity contribution >= 4 is 5.82 Å². The molecule has 0 fully saturated rings. The minimum atomic E-state index is 0.166. The van der Waals surface area contributed by atoms with Gasteiger partial charge in [-0.25, -0.2) is 4.68 Å². The first-order valence-corrected chi connectivity index (χ1v) is 6.47. The van der Waals surface area contributed by atoms with Crippen molar-refractivity contribution in [3.05, 3.63) is 30.0 Å². The number of ether oxygens (including phenoxy) is 1. The molecule has 1 aromatic carbocycles. The van der Waals surface area contributed by atoms with Gasteiger partial charge in [0, 0.05) is 0 Å². The van der Waals surface area contributed by atoms with Crippen molar-refractivity contribution in [2.75, 3.05) is 5.73 Å². The van der Waals surface area contributed by atoms with Gasteiger partial charge in [-0.2, -0.15) is 0 Å². The zero-order valence-corrected chi connectivity index (χ0v) is 11.8. The van der Waals surface area contributed by atoms with Crippen LogP contribution >= 0.6 is 0 Å². The SMILES string of the molecule is CC(C)Oc1ccc(-n2nnc(N)c2C(C)C)cc1. The maximum Gasteiger partial charge on any atom is 0.169 e. The van der Waals surface area contributed by atoms with Crippen LogP contribution in [0, 0.1) is 0 Å². The number of hydrogen-bond donors (Lipinski definition) is 1. The van der Waals surface area contributed by atoms with E-state index in [-0.39, 0.29) is 12.0 Å². The maximum atomic E-state index is 5.86. The van der Waals surface area contributed by atoms with Crippen molar-refractivity contribution < 1.29 is 4.74 Å². The Labute approximate surface area is 113 Å². The van der Waals surface area contributed by atoms with Crippen molar-refractivity contribution in [2.24, 2.45) is 0 Å². The second-order valence-electron chi connectivity index (χ2n) is 5.09. The average Bonchev–Trinajstić information content (AvgIpc) is 2.71. The fourth-order valence-electron chi connectivity index (χ4n) is 1.97. The number of nitrogen functional groups attached to an aromatic ring is 1. The van der Waals surface area contributed by atoms with Gasteiger partial charge < -0.3 is 10.5 Å². The lowest BCUT2D eigenvalue weighted by Crippen LogP contribution is -2.07. The van der Waals surface area contributed by atoms with Crippen LogP contribution in [-0.4, -0.2) is 21.1 Å². The molecule has 2 rings (SSSR count). The van der Waals surface area contributed by atoms with E-state index < -0.39 is 0 Å². The number of nitrogens with zero attached hydrogens (tertiary/aromatic N) is 3. The lowest BCUT2D eigenvalue weighted by Gasteiger charge is -2.12. The fraction of sp³-hybridized carbons (Fsp3) is 0.429. The molecule has 1 aromatic heterocycles. The summed E-state index contributed by atoms with van der Waals surface area (Å²) in [6, 6.07) is 7.77. The molecule has 0 radical (unpaired) electrons. The molecule has 0 amide bonds. The Morgan fingerprint density at radius 1 is 1.11 bits per heavy atom. The molecule has 0 atom stereocenters. The van der Waals surface area contributed by atoms with Crippen molar-refractivity contribution in [1.29, 1.82) is 0 Å². The molecule has 0 bridgehead atoms. The summed E-state index contributed by atoms with van der Waals surface area (Å²) < 4.78 is 7.39. The van der Waals surface area contributed by atoms with Crippen molar-refractivity contribution in [3.8, 4) is 11.4 Å². The summed E-state index contributed by atoms with van der Waals surface area (Å²) >= 11 is 0. The molecule has 0 aliphatic heterocycles. The van der Waals surface area contributed by atoms with Crippen molar-refractivity contribution in [3.63, 3.8) is 0 Å². The lowest BCUT2D eigenvalue weighted by atomic mass is 10.1. The van der Waals surface area contributed by atoms with Gasteiger partial charge in [-0.15, -0.1) is 5.10 Å². The highest BCUT2D eigenvalue weighted by molar-refractivity contribution is 5.44. The topological polar surface area (TPSA) is 66.0 Å². The Bertz CT molecular complexity index is 543. The summed E-state index contributed by atoms with van der Waals surface area (Å²) in [7, 11) is 0. The molecule has 0 unspecified atom stereocenters. The standard InChI is InChI=1S/C14H20N4O/c1-9(2)13-14(15)16-17-18(13)11-5-7-12(8-6-11)19-10(3)4/h5-10H,15H2,1-4H3.